The zero-order valence-corrected chi connectivity index (χ0v) is 16.5. The van der Waals surface area contributed by atoms with E-state index in [2.05, 4.69) is 21.9 Å². The van der Waals surface area contributed by atoms with Crippen LogP contribution in [0.3, 0.4) is 0 Å². The van der Waals surface area contributed by atoms with Crippen molar-refractivity contribution in [2.24, 2.45) is 0 Å². The van der Waals surface area contributed by atoms with E-state index < -0.39 is 0 Å². The average molecular weight is 392 g/mol. The molecule has 0 radical (unpaired) electrons. The zero-order chi connectivity index (χ0) is 19.3. The Kier molecular flexibility index (Phi) is 4.09. The van der Waals surface area contributed by atoms with Gasteiger partial charge >= 0.3 is 0 Å². The first-order valence-electron chi connectivity index (χ1n) is 9.31. The smallest absolute Gasteiger partial charge is 0.233 e. The molecule has 3 heterocycles. The molecule has 0 unspecified atom stereocenters. The highest BCUT2D eigenvalue weighted by atomic mass is 32.1. The number of thiophene rings is 1. The van der Waals surface area contributed by atoms with Crippen molar-refractivity contribution in [2.45, 2.75) is 31.6 Å². The first-order valence-corrected chi connectivity index (χ1v) is 10.3. The first kappa shape index (κ1) is 17.3. The third kappa shape index (κ3) is 2.67. The van der Waals surface area contributed by atoms with Crippen molar-refractivity contribution in [2.75, 3.05) is 12.4 Å². The van der Waals surface area contributed by atoms with Crippen LogP contribution in [0.1, 0.15) is 47.1 Å². The quantitative estimate of drug-likeness (QED) is 0.679. The third-order valence-electron chi connectivity index (χ3n) is 5.72. The average Bonchev–Trinajstić information content (AvgIpc) is 3.37. The van der Waals surface area contributed by atoms with Gasteiger partial charge in [-0.1, -0.05) is 17.3 Å². The molecule has 1 aliphatic heterocycles. The van der Waals surface area contributed by atoms with Gasteiger partial charge in [0.1, 0.15) is 5.75 Å². The fraction of sp³-hybridized carbons (Fsp3) is 0.273. The molecule has 5 nitrogen and oxygen atoms in total. The van der Waals surface area contributed by atoms with Gasteiger partial charge < -0.3 is 14.6 Å². The van der Waals surface area contributed by atoms with Crippen molar-refractivity contribution in [3.05, 3.63) is 74.7 Å². The molecule has 0 fully saturated rings. The molecule has 6 heteroatoms. The molecule has 0 bridgehead atoms. The van der Waals surface area contributed by atoms with Gasteiger partial charge in [-0.05, 0) is 59.3 Å². The Balaban J connectivity index is 1.56. The summed E-state index contributed by atoms with van der Waals surface area (Å²) in [4.78, 5) is 13.3. The fourth-order valence-electron chi connectivity index (χ4n) is 4.36. The molecule has 5 rings (SSSR count). The number of carbonyl (C=O) groups excluding carboxylic acids is 1. The van der Waals surface area contributed by atoms with E-state index in [0.717, 1.165) is 45.8 Å². The van der Waals surface area contributed by atoms with E-state index in [-0.39, 0.29) is 17.6 Å². The van der Waals surface area contributed by atoms with Gasteiger partial charge in [-0.2, -0.15) is 11.3 Å². The van der Waals surface area contributed by atoms with E-state index in [1.54, 1.807) is 18.4 Å². The highest BCUT2D eigenvalue weighted by Gasteiger charge is 2.41. The van der Waals surface area contributed by atoms with Crippen LogP contribution < -0.4 is 10.1 Å². The third-order valence-corrected chi connectivity index (χ3v) is 6.42. The van der Waals surface area contributed by atoms with Crippen LogP contribution in [0, 0.1) is 6.92 Å². The minimum Gasteiger partial charge on any atom is -0.497 e. The number of nitrogens with zero attached hydrogens (tertiary/aromatic N) is 1. The molecular formula is C22H20N2O3S. The number of fused-ring (bicyclic) bond motifs is 1. The minimum absolute atomic E-state index is 0.104. The second-order valence-electron chi connectivity index (χ2n) is 7.32. The summed E-state index contributed by atoms with van der Waals surface area (Å²) in [6, 6.07) is 10.1. The lowest BCUT2D eigenvalue weighted by Crippen LogP contribution is -2.29. The Morgan fingerprint density at radius 3 is 2.71 bits per heavy atom. The van der Waals surface area contributed by atoms with Crippen LogP contribution >= 0.6 is 11.3 Å². The molecule has 2 atom stereocenters. The van der Waals surface area contributed by atoms with E-state index in [1.165, 1.54) is 0 Å². The Hall–Kier alpha value is -2.86. The fourth-order valence-corrected chi connectivity index (χ4v) is 5.04. The van der Waals surface area contributed by atoms with Crippen LogP contribution in [0.15, 0.2) is 56.9 Å². The predicted molar refractivity (Wildman–Crippen MR) is 108 cm³/mol. The largest absolute Gasteiger partial charge is 0.497 e. The molecule has 0 spiro atoms. The number of carbonyl (C=O) groups is 1. The Labute approximate surface area is 167 Å². The van der Waals surface area contributed by atoms with E-state index >= 15 is 0 Å². The number of ketones is 1. The van der Waals surface area contributed by atoms with Crippen molar-refractivity contribution in [1.29, 1.82) is 0 Å². The van der Waals surface area contributed by atoms with E-state index in [1.807, 2.05) is 36.6 Å². The number of allylic oxidation sites excluding steroid dienone is 2. The summed E-state index contributed by atoms with van der Waals surface area (Å²) in [7, 11) is 1.66. The molecule has 0 amide bonds. The normalized spacial score (nSPS) is 21.1. The maximum Gasteiger partial charge on any atom is 0.233 e. The van der Waals surface area contributed by atoms with Gasteiger partial charge in [0, 0.05) is 23.6 Å². The number of benzene rings is 1. The molecule has 1 aliphatic carbocycles. The van der Waals surface area contributed by atoms with Gasteiger partial charge in [0.15, 0.2) is 5.78 Å². The van der Waals surface area contributed by atoms with Gasteiger partial charge in [-0.3, -0.25) is 4.79 Å². The van der Waals surface area contributed by atoms with Gasteiger partial charge in [-0.25, -0.2) is 0 Å². The Morgan fingerprint density at radius 1 is 1.18 bits per heavy atom. The molecule has 2 aromatic heterocycles. The number of ether oxygens (including phenoxy) is 1. The number of aryl methyl sites for hydroxylation is 1. The summed E-state index contributed by atoms with van der Waals surface area (Å²) in [6.45, 7) is 1.93. The second kappa shape index (κ2) is 6.63. The van der Waals surface area contributed by atoms with Crippen LogP contribution in [0.5, 0.6) is 5.75 Å². The molecule has 1 aromatic carbocycles. The number of anilines is 1. The number of rotatable bonds is 3. The van der Waals surface area contributed by atoms with Crippen molar-refractivity contribution in [3.8, 4) is 5.75 Å². The van der Waals surface area contributed by atoms with E-state index in [4.69, 9.17) is 9.26 Å². The topological polar surface area (TPSA) is 64.4 Å². The summed E-state index contributed by atoms with van der Waals surface area (Å²) in [5, 5.41) is 11.7. The zero-order valence-electron chi connectivity index (χ0n) is 15.7. The van der Waals surface area contributed by atoms with E-state index in [0.29, 0.717) is 12.3 Å². The number of hydrogen-bond donors (Lipinski definition) is 1. The summed E-state index contributed by atoms with van der Waals surface area (Å²) in [5.74, 6) is 1.71. The maximum absolute atomic E-state index is 13.3. The predicted octanol–water partition coefficient (Wildman–Crippen LogP) is 5.01. The van der Waals surface area contributed by atoms with Crippen LogP contribution in [-0.4, -0.2) is 18.0 Å². The number of nitrogens with one attached hydrogen (secondary N) is 1. The molecule has 28 heavy (non-hydrogen) atoms. The van der Waals surface area contributed by atoms with Gasteiger partial charge in [-0.15, -0.1) is 0 Å². The van der Waals surface area contributed by atoms with Gasteiger partial charge in [0.05, 0.1) is 18.4 Å². The second-order valence-corrected chi connectivity index (χ2v) is 8.10. The Bertz CT molecular complexity index is 1060. The standard InChI is InChI=1S/C22H20N2O3S/c1-12-19-20(14-7-8-28-11-14)21-17(23-22(19)27-24-12)9-15(10-18(21)25)13-3-5-16(26-2)6-4-13/h3-8,11,15,20,23H,9-10H2,1-2H3/t15-,20-/m1/s1. The number of hydrogen-bond acceptors (Lipinski definition) is 6. The van der Waals surface area contributed by atoms with Crippen molar-refractivity contribution in [3.63, 3.8) is 0 Å². The summed E-state index contributed by atoms with van der Waals surface area (Å²) < 4.78 is 10.8. The lowest BCUT2D eigenvalue weighted by Gasteiger charge is -2.34. The van der Waals surface area contributed by atoms with Crippen LogP contribution in [0.2, 0.25) is 0 Å². The summed E-state index contributed by atoms with van der Waals surface area (Å²) in [6.07, 6.45) is 1.28. The lowest BCUT2D eigenvalue weighted by atomic mass is 9.73. The van der Waals surface area contributed by atoms with Crippen molar-refractivity contribution >= 4 is 23.0 Å². The number of methoxy groups -OCH3 is 1. The molecule has 0 saturated carbocycles. The van der Waals surface area contributed by atoms with Crippen LogP contribution in [0.25, 0.3) is 0 Å². The minimum atomic E-state index is -0.104. The number of Topliss-reactive ketones (excluding diaryl/α,β-unsaturated/α-hetero) is 1. The van der Waals surface area contributed by atoms with Gasteiger partial charge in [0.25, 0.3) is 0 Å². The van der Waals surface area contributed by atoms with Gasteiger partial charge in [0.2, 0.25) is 5.88 Å². The first-order chi connectivity index (χ1) is 13.7. The Morgan fingerprint density at radius 2 is 2.00 bits per heavy atom. The maximum atomic E-state index is 13.3. The summed E-state index contributed by atoms with van der Waals surface area (Å²) in [5.41, 5.74) is 5.90. The van der Waals surface area contributed by atoms with Crippen LogP contribution in [-0.2, 0) is 4.79 Å². The summed E-state index contributed by atoms with van der Waals surface area (Å²) >= 11 is 1.64. The molecule has 0 saturated heterocycles. The van der Waals surface area contributed by atoms with E-state index in [9.17, 15) is 4.79 Å². The van der Waals surface area contributed by atoms with Crippen LogP contribution in [0.4, 0.5) is 5.88 Å². The molecule has 3 aromatic rings. The van der Waals surface area contributed by atoms with Crippen molar-refractivity contribution < 1.29 is 14.1 Å². The van der Waals surface area contributed by atoms with Crippen molar-refractivity contribution in [1.82, 2.24) is 5.16 Å². The lowest BCUT2D eigenvalue weighted by molar-refractivity contribution is -0.116. The molecular weight excluding hydrogens is 372 g/mol. The highest BCUT2D eigenvalue weighted by Crippen LogP contribution is 2.49. The molecule has 2 aliphatic rings. The molecule has 1 N–H and O–H groups in total. The highest BCUT2D eigenvalue weighted by molar-refractivity contribution is 7.08. The molecule has 142 valence electrons. The number of aromatic nitrogens is 1. The SMILES string of the molecule is COc1ccc([C@H]2CC(=O)C3=C(C2)Nc2onc(C)c2[C@H]3c2ccsc2)cc1. The monoisotopic (exact) mass is 392 g/mol.